The van der Waals surface area contributed by atoms with Gasteiger partial charge in [-0.05, 0) is 102 Å². The molecule has 7 aromatic rings. The summed E-state index contributed by atoms with van der Waals surface area (Å²) in [5.74, 6) is 0.524. The van der Waals surface area contributed by atoms with Crippen LogP contribution in [-0.4, -0.2) is 74.0 Å². The number of β-amino-alcohol motifs (C(OH)–C–C–N with tert-alkyl or cyclic N) is 1. The predicted octanol–water partition coefficient (Wildman–Crippen LogP) is 9.71. The SMILES string of the molecule is C[C@H](NC(=O)[C@@H]1C[C@@H](O)CN1C(=O)[C@@H](NC(=O)Cc1ccc(-c2ccn(CCOc3ccc(Oc4c(-c5ccc(F)cc5)sc5cc(O)ccc45)cc3)n2)cc1)C(C)(C)C)c1ccc(Cl)cc1. The maximum Gasteiger partial charge on any atom is 0.246 e. The number of fused-ring (bicyclic) bond motifs is 1. The van der Waals surface area contributed by atoms with Gasteiger partial charge in [0.2, 0.25) is 17.7 Å². The third-order valence-corrected chi connectivity index (χ3v) is 13.1. The van der Waals surface area contributed by atoms with Crippen LogP contribution in [-0.2, 0) is 27.3 Å². The van der Waals surface area contributed by atoms with Crippen molar-refractivity contribution in [1.82, 2.24) is 25.3 Å². The Balaban J connectivity index is 0.832. The van der Waals surface area contributed by atoms with Gasteiger partial charge in [0, 0.05) is 39.8 Å². The number of rotatable bonds is 15. The van der Waals surface area contributed by atoms with Crippen molar-refractivity contribution in [2.24, 2.45) is 5.41 Å². The summed E-state index contributed by atoms with van der Waals surface area (Å²) in [4.78, 5) is 43.3. The number of nitrogens with zero attached hydrogens (tertiary/aromatic N) is 3. The third kappa shape index (κ3) is 11.3. The van der Waals surface area contributed by atoms with E-state index in [1.165, 1.54) is 28.4 Å². The van der Waals surface area contributed by atoms with Gasteiger partial charge in [0.25, 0.3) is 0 Å². The number of amides is 3. The van der Waals surface area contributed by atoms with Gasteiger partial charge < -0.3 is 35.2 Å². The van der Waals surface area contributed by atoms with Gasteiger partial charge >= 0.3 is 0 Å². The van der Waals surface area contributed by atoms with Gasteiger partial charge in [-0.2, -0.15) is 5.10 Å². The Morgan fingerprint density at radius 1 is 0.896 bits per heavy atom. The number of carbonyl (C=O) groups excluding carboxylic acids is 3. The second-order valence-electron chi connectivity index (χ2n) is 17.8. The third-order valence-electron chi connectivity index (χ3n) is 11.6. The maximum absolute atomic E-state index is 14.1. The van der Waals surface area contributed by atoms with Crippen LogP contribution in [0.5, 0.6) is 23.0 Å². The fourth-order valence-corrected chi connectivity index (χ4v) is 9.32. The lowest BCUT2D eigenvalue weighted by Gasteiger charge is -2.35. The van der Waals surface area contributed by atoms with E-state index in [9.17, 15) is 29.0 Å². The van der Waals surface area contributed by atoms with Crippen LogP contribution >= 0.6 is 22.9 Å². The summed E-state index contributed by atoms with van der Waals surface area (Å²) in [6.07, 6.45) is 1.11. The van der Waals surface area contributed by atoms with Crippen LogP contribution in [0.4, 0.5) is 4.39 Å². The lowest BCUT2D eigenvalue weighted by atomic mass is 9.85. The van der Waals surface area contributed by atoms with Gasteiger partial charge in [0.1, 0.15) is 41.8 Å². The fourth-order valence-electron chi connectivity index (χ4n) is 8.03. The van der Waals surface area contributed by atoms with Crippen molar-refractivity contribution >= 4 is 50.7 Å². The summed E-state index contributed by atoms with van der Waals surface area (Å²) < 4.78 is 28.8. The van der Waals surface area contributed by atoms with Crippen LogP contribution in [0.3, 0.4) is 0 Å². The summed E-state index contributed by atoms with van der Waals surface area (Å²) in [6, 6.07) is 33.0. The highest BCUT2D eigenvalue weighted by molar-refractivity contribution is 7.22. The normalized spacial score (nSPS) is 15.8. The average Bonchev–Trinajstić information content (AvgIpc) is 4.03. The molecule has 4 atom stereocenters. The van der Waals surface area contributed by atoms with Crippen molar-refractivity contribution in [3.8, 4) is 44.7 Å². The van der Waals surface area contributed by atoms with Crippen LogP contribution in [0.1, 0.15) is 51.3 Å². The number of aromatic nitrogens is 2. The Morgan fingerprint density at radius 3 is 2.28 bits per heavy atom. The van der Waals surface area contributed by atoms with Gasteiger partial charge in [-0.1, -0.05) is 80.9 Å². The van der Waals surface area contributed by atoms with Gasteiger partial charge in [-0.25, -0.2) is 4.39 Å². The van der Waals surface area contributed by atoms with Crippen molar-refractivity contribution < 1.29 is 38.5 Å². The van der Waals surface area contributed by atoms with E-state index >= 15 is 0 Å². The van der Waals surface area contributed by atoms with Crippen molar-refractivity contribution in [1.29, 1.82) is 0 Å². The number of hydrogen-bond acceptors (Lipinski definition) is 9. The number of aliphatic hydroxyl groups excluding tert-OH is 1. The van der Waals surface area contributed by atoms with Gasteiger partial charge in [-0.15, -0.1) is 11.3 Å². The minimum absolute atomic E-state index is 0.0185. The van der Waals surface area contributed by atoms with Gasteiger partial charge in [0.15, 0.2) is 5.75 Å². The van der Waals surface area contributed by atoms with E-state index in [2.05, 4.69) is 10.6 Å². The first-order valence-corrected chi connectivity index (χ1v) is 23.2. The molecule has 1 aliphatic rings. The molecular weight excluding hydrogens is 893 g/mol. The van der Waals surface area contributed by atoms with Crippen LogP contribution in [0, 0.1) is 11.2 Å². The molecular formula is C52H51ClFN5O7S. The first-order valence-electron chi connectivity index (χ1n) is 22.0. The van der Waals surface area contributed by atoms with E-state index in [0.29, 0.717) is 35.4 Å². The number of carbonyl (C=O) groups is 3. The number of aliphatic hydroxyl groups is 1. The molecule has 1 fully saturated rings. The second kappa shape index (κ2) is 20.0. The van der Waals surface area contributed by atoms with E-state index in [0.717, 1.165) is 42.9 Å². The number of halogens is 2. The summed E-state index contributed by atoms with van der Waals surface area (Å²) in [5, 5.41) is 32.7. The first-order chi connectivity index (χ1) is 32.1. The lowest BCUT2D eigenvalue weighted by Crippen LogP contribution is -2.58. The zero-order valence-corrected chi connectivity index (χ0v) is 39.0. The lowest BCUT2D eigenvalue weighted by molar-refractivity contribution is -0.144. The molecule has 0 spiro atoms. The summed E-state index contributed by atoms with van der Waals surface area (Å²) in [5.41, 5.74) is 3.31. The summed E-state index contributed by atoms with van der Waals surface area (Å²) in [6.45, 7) is 8.22. The van der Waals surface area contributed by atoms with Gasteiger partial charge in [-0.3, -0.25) is 19.1 Å². The largest absolute Gasteiger partial charge is 0.508 e. The number of thiophene rings is 1. The highest BCUT2D eigenvalue weighted by atomic mass is 35.5. The van der Waals surface area contributed by atoms with Crippen molar-refractivity contribution in [3.05, 3.63) is 149 Å². The topological polar surface area (TPSA) is 155 Å². The molecule has 4 N–H and O–H groups in total. The monoisotopic (exact) mass is 943 g/mol. The predicted molar refractivity (Wildman–Crippen MR) is 258 cm³/mol. The van der Waals surface area contributed by atoms with Crippen LogP contribution < -0.4 is 20.1 Å². The average molecular weight is 945 g/mol. The summed E-state index contributed by atoms with van der Waals surface area (Å²) >= 11 is 7.49. The number of benzene rings is 5. The second-order valence-corrected chi connectivity index (χ2v) is 19.2. The Morgan fingerprint density at radius 2 is 1.58 bits per heavy atom. The number of phenolic OH excluding ortho intramolecular Hbond substituents is 1. The molecule has 67 heavy (non-hydrogen) atoms. The number of phenols is 1. The van der Waals surface area contributed by atoms with Gasteiger partial charge in [0.05, 0.1) is 35.7 Å². The molecule has 1 aliphatic heterocycles. The Bertz CT molecular complexity index is 2860. The minimum atomic E-state index is -0.950. The zero-order chi connectivity index (χ0) is 47.4. The molecule has 0 aliphatic carbocycles. The molecule has 5 aromatic carbocycles. The molecule has 8 rings (SSSR count). The quantitative estimate of drug-likeness (QED) is 0.0793. The van der Waals surface area contributed by atoms with E-state index in [-0.39, 0.29) is 48.8 Å². The zero-order valence-electron chi connectivity index (χ0n) is 37.4. The number of nitrogens with one attached hydrogen (secondary N) is 2. The van der Waals surface area contributed by atoms with Crippen LogP contribution in [0.2, 0.25) is 5.02 Å². The summed E-state index contributed by atoms with van der Waals surface area (Å²) in [7, 11) is 0. The van der Waals surface area contributed by atoms with Crippen LogP contribution in [0.25, 0.3) is 31.8 Å². The molecule has 12 nitrogen and oxygen atoms in total. The molecule has 0 saturated carbocycles. The number of ether oxygens (including phenoxy) is 2. The highest BCUT2D eigenvalue weighted by Crippen LogP contribution is 2.47. The molecule has 346 valence electrons. The molecule has 3 heterocycles. The van der Waals surface area contributed by atoms with E-state index < -0.39 is 29.5 Å². The molecule has 3 amide bonds. The first kappa shape index (κ1) is 46.8. The molecule has 15 heteroatoms. The molecule has 0 radical (unpaired) electrons. The van der Waals surface area contributed by atoms with Crippen molar-refractivity contribution in [2.45, 2.75) is 71.3 Å². The molecule has 1 saturated heterocycles. The highest BCUT2D eigenvalue weighted by Gasteiger charge is 2.44. The maximum atomic E-state index is 14.1. The Labute approximate surface area is 396 Å². The smallest absolute Gasteiger partial charge is 0.246 e. The number of hydrogen-bond donors (Lipinski definition) is 4. The number of likely N-dealkylation sites (tertiary alicyclic amines) is 1. The number of aromatic hydroxyl groups is 1. The van der Waals surface area contributed by atoms with Crippen LogP contribution in [0.15, 0.2) is 128 Å². The molecule has 0 unspecified atom stereocenters. The Hall–Kier alpha value is -6.74. The van der Waals surface area contributed by atoms with E-state index in [4.69, 9.17) is 26.2 Å². The minimum Gasteiger partial charge on any atom is -0.508 e. The Kier molecular flexibility index (Phi) is 14.0. The standard InChI is InChI=1S/C52H51ClFN5O7S/c1-31(33-9-13-36(53)14-10-33)55-50(63)44-28-39(61)30-59(44)51(64)49(52(2,3)4)56-46(62)27-32-5-7-34(8-6-32)43-23-24-58(57-43)25-26-65-40-18-20-41(21-19-40)66-47-42-22-17-38(60)29-45(42)67-48(47)35-11-15-37(54)16-12-35/h5-24,29,31,39,44,49,60-61H,25-28,30H2,1-4H3,(H,55,63)(H,56,62)/t31-,39+,44-,49+/m0/s1. The van der Waals surface area contributed by atoms with E-state index in [1.807, 2.05) is 107 Å². The van der Waals surface area contributed by atoms with E-state index in [1.54, 1.807) is 41.1 Å². The van der Waals surface area contributed by atoms with Crippen molar-refractivity contribution in [2.75, 3.05) is 13.2 Å². The molecule has 0 bridgehead atoms. The molecule has 2 aromatic heterocycles. The van der Waals surface area contributed by atoms with Crippen molar-refractivity contribution in [3.63, 3.8) is 0 Å². The fraction of sp³-hybridized carbons (Fsp3) is 0.269.